The molecule has 0 saturated carbocycles. The Balaban J connectivity index is 0.00000225. The van der Waals surface area contributed by atoms with Crippen LogP contribution >= 0.6 is 0 Å². The molecule has 0 aliphatic carbocycles. The molecule has 0 aliphatic heterocycles. The molecule has 0 fully saturated rings. The number of hydrogen-bond acceptors (Lipinski definition) is 1. The molecule has 1 unspecified atom stereocenters. The van der Waals surface area contributed by atoms with Gasteiger partial charge in [-0.1, -0.05) is 36.9 Å². The highest BCUT2D eigenvalue weighted by atomic mass is 35.5. The Bertz CT molecular complexity index is 332. The maximum atomic E-state index is 10.1. The molecule has 1 atom stereocenters. The van der Waals surface area contributed by atoms with Crippen LogP contribution in [0.15, 0.2) is 43.0 Å². The van der Waals surface area contributed by atoms with Gasteiger partial charge in [-0.15, -0.1) is 0 Å². The second kappa shape index (κ2) is 5.48. The van der Waals surface area contributed by atoms with Gasteiger partial charge in [0.05, 0.1) is 14.1 Å². The van der Waals surface area contributed by atoms with Crippen molar-refractivity contribution in [3.05, 3.63) is 48.6 Å². The highest BCUT2D eigenvalue weighted by molar-refractivity contribution is 5.18. The van der Waals surface area contributed by atoms with E-state index in [1.807, 2.05) is 31.2 Å². The lowest BCUT2D eigenvalue weighted by Crippen LogP contribution is -3.00. The molecule has 90 valence electrons. The zero-order chi connectivity index (χ0) is 11.5. The molecule has 1 aromatic carbocycles. The molecular formula is C13H20ClNO. The molecule has 16 heavy (non-hydrogen) atoms. The zero-order valence-electron chi connectivity index (χ0n) is 10.2. The van der Waals surface area contributed by atoms with Crippen LogP contribution in [0.25, 0.3) is 0 Å². The van der Waals surface area contributed by atoms with Crippen LogP contribution in [0.1, 0.15) is 12.5 Å². The molecule has 0 heterocycles. The lowest BCUT2D eigenvalue weighted by atomic mass is 9.91. The second-order valence-corrected chi connectivity index (χ2v) is 4.62. The number of quaternary nitrogens is 1. The number of nitrogens with zero attached hydrogens (tertiary/aromatic N) is 1. The topological polar surface area (TPSA) is 20.2 Å². The van der Waals surface area contributed by atoms with Gasteiger partial charge in [-0.25, -0.2) is 5.21 Å². The lowest BCUT2D eigenvalue weighted by Gasteiger charge is -2.38. The highest BCUT2D eigenvalue weighted by Gasteiger charge is 2.38. The third-order valence-electron chi connectivity index (χ3n) is 3.09. The Morgan fingerprint density at radius 1 is 1.31 bits per heavy atom. The first-order valence-electron chi connectivity index (χ1n) is 5.13. The van der Waals surface area contributed by atoms with E-state index in [2.05, 4.69) is 18.7 Å². The van der Waals surface area contributed by atoms with Gasteiger partial charge in [0.2, 0.25) is 0 Å². The van der Waals surface area contributed by atoms with Gasteiger partial charge >= 0.3 is 0 Å². The van der Waals surface area contributed by atoms with Gasteiger partial charge in [0.25, 0.3) is 0 Å². The van der Waals surface area contributed by atoms with Crippen LogP contribution < -0.4 is 12.4 Å². The predicted octanol–water partition coefficient (Wildman–Crippen LogP) is -0.357. The summed E-state index contributed by atoms with van der Waals surface area (Å²) in [6.45, 7) is 5.83. The maximum Gasteiger partial charge on any atom is 0.148 e. The summed E-state index contributed by atoms with van der Waals surface area (Å²) < 4.78 is -0.106. The Kier molecular flexibility index (Phi) is 5.20. The third-order valence-corrected chi connectivity index (χ3v) is 3.09. The van der Waals surface area contributed by atoms with Crippen molar-refractivity contribution in [1.82, 2.24) is 0 Å². The fourth-order valence-electron chi connectivity index (χ4n) is 1.50. The van der Waals surface area contributed by atoms with E-state index in [9.17, 15) is 5.21 Å². The van der Waals surface area contributed by atoms with Crippen molar-refractivity contribution in [3.8, 4) is 0 Å². The molecule has 0 spiro atoms. The summed E-state index contributed by atoms with van der Waals surface area (Å²) in [5, 5.41) is 10.1. The molecule has 1 rings (SSSR count). The normalized spacial score (nSPS) is 14.8. The minimum Gasteiger partial charge on any atom is -1.00 e. The van der Waals surface area contributed by atoms with Crippen LogP contribution in [-0.2, 0) is 6.42 Å². The van der Waals surface area contributed by atoms with Gasteiger partial charge in [0, 0.05) is 6.42 Å². The molecule has 0 bridgehead atoms. The molecule has 0 aliphatic rings. The number of hydrogen-bond donors (Lipinski definition) is 1. The number of halogens is 1. The van der Waals surface area contributed by atoms with Crippen LogP contribution in [0.3, 0.4) is 0 Å². The van der Waals surface area contributed by atoms with E-state index in [0.717, 1.165) is 6.42 Å². The quantitative estimate of drug-likeness (QED) is 0.434. The Morgan fingerprint density at radius 3 is 2.19 bits per heavy atom. The fraction of sp³-hybridized carbons (Fsp3) is 0.385. The first kappa shape index (κ1) is 15.2. The van der Waals surface area contributed by atoms with Crippen LogP contribution in [-0.4, -0.2) is 29.5 Å². The van der Waals surface area contributed by atoms with E-state index >= 15 is 0 Å². The van der Waals surface area contributed by atoms with Crippen molar-refractivity contribution >= 4 is 0 Å². The summed E-state index contributed by atoms with van der Waals surface area (Å²) in [6.07, 6.45) is 2.60. The number of benzene rings is 1. The van der Waals surface area contributed by atoms with Crippen molar-refractivity contribution < 1.29 is 22.3 Å². The average Bonchev–Trinajstić information content (AvgIpc) is 2.17. The van der Waals surface area contributed by atoms with Gasteiger partial charge in [-0.3, -0.25) is 0 Å². The summed E-state index contributed by atoms with van der Waals surface area (Å²) in [7, 11) is 3.54. The van der Waals surface area contributed by atoms with E-state index in [-0.39, 0.29) is 22.6 Å². The van der Waals surface area contributed by atoms with Crippen molar-refractivity contribution in [3.63, 3.8) is 0 Å². The number of rotatable bonds is 4. The molecule has 2 nitrogen and oxygen atoms in total. The second-order valence-electron chi connectivity index (χ2n) is 4.62. The zero-order valence-corrected chi connectivity index (χ0v) is 10.9. The smallest absolute Gasteiger partial charge is 0.148 e. The molecule has 1 N–H and O–H groups in total. The standard InChI is InChI=1S/C13H20NO.ClH/c1-5-13(2,14(3,4)15)11-12-9-7-6-8-10-12;/h5-10,15H,1,11H2,2-4H3;1H/q+1;/p-1. The van der Waals surface area contributed by atoms with Crippen molar-refractivity contribution in [1.29, 1.82) is 0 Å². The van der Waals surface area contributed by atoms with Crippen LogP contribution in [0.5, 0.6) is 0 Å². The van der Waals surface area contributed by atoms with Crippen LogP contribution in [0.4, 0.5) is 0 Å². The molecule has 3 heteroatoms. The largest absolute Gasteiger partial charge is 1.00 e. The molecule has 0 aromatic heterocycles. The van der Waals surface area contributed by atoms with Crippen LogP contribution in [0.2, 0.25) is 0 Å². The monoisotopic (exact) mass is 241 g/mol. The molecule has 0 saturated heterocycles. The van der Waals surface area contributed by atoms with E-state index in [4.69, 9.17) is 0 Å². The first-order chi connectivity index (χ1) is 6.89. The van der Waals surface area contributed by atoms with E-state index in [1.165, 1.54) is 5.56 Å². The summed E-state index contributed by atoms with van der Waals surface area (Å²) >= 11 is 0. The van der Waals surface area contributed by atoms with Gasteiger partial charge in [-0.2, -0.15) is 4.65 Å². The first-order valence-corrected chi connectivity index (χ1v) is 5.13. The Morgan fingerprint density at radius 2 is 1.81 bits per heavy atom. The van der Waals surface area contributed by atoms with Gasteiger partial charge in [-0.05, 0) is 18.6 Å². The third kappa shape index (κ3) is 3.34. The lowest BCUT2D eigenvalue weighted by molar-refractivity contribution is -1.10. The van der Waals surface area contributed by atoms with Gasteiger partial charge < -0.3 is 12.4 Å². The summed E-state index contributed by atoms with van der Waals surface area (Å²) in [4.78, 5) is 0. The highest BCUT2D eigenvalue weighted by Crippen LogP contribution is 2.24. The molecule has 0 radical (unpaired) electrons. The minimum absolute atomic E-state index is 0. The predicted molar refractivity (Wildman–Crippen MR) is 62.6 cm³/mol. The number of hydroxylamine groups is 3. The van der Waals surface area contributed by atoms with E-state index < -0.39 is 0 Å². The number of likely N-dealkylation sites (N-methyl/N-ethyl adjacent to an activating group) is 1. The fourth-order valence-corrected chi connectivity index (χ4v) is 1.50. The van der Waals surface area contributed by atoms with E-state index in [1.54, 1.807) is 14.1 Å². The Labute approximate surface area is 104 Å². The SMILES string of the molecule is C=CC(C)(Cc1ccccc1)[N+](C)(C)O.[Cl-]. The molecular weight excluding hydrogens is 222 g/mol. The van der Waals surface area contributed by atoms with Crippen molar-refractivity contribution in [2.45, 2.75) is 18.9 Å². The van der Waals surface area contributed by atoms with Crippen molar-refractivity contribution in [2.75, 3.05) is 14.1 Å². The van der Waals surface area contributed by atoms with Gasteiger partial charge in [0.15, 0.2) is 0 Å². The van der Waals surface area contributed by atoms with Gasteiger partial charge in [0.1, 0.15) is 5.54 Å². The Hall–Kier alpha value is -0.830. The van der Waals surface area contributed by atoms with Crippen molar-refractivity contribution in [2.24, 2.45) is 0 Å². The summed E-state index contributed by atoms with van der Waals surface area (Å²) in [6, 6.07) is 10.1. The average molecular weight is 242 g/mol. The minimum atomic E-state index is -0.360. The summed E-state index contributed by atoms with van der Waals surface area (Å²) in [5.74, 6) is 0. The van der Waals surface area contributed by atoms with Crippen LogP contribution in [0, 0.1) is 0 Å². The maximum absolute atomic E-state index is 10.1. The van der Waals surface area contributed by atoms with E-state index in [0.29, 0.717) is 0 Å². The molecule has 0 amide bonds. The summed E-state index contributed by atoms with van der Waals surface area (Å²) in [5.41, 5.74) is 0.849. The molecule has 1 aromatic rings.